The molecule has 0 fully saturated rings. The van der Waals surface area contributed by atoms with Crippen LogP contribution in [0.2, 0.25) is 0 Å². The Bertz CT molecular complexity index is 264. The molecule has 0 radical (unpaired) electrons. The van der Waals surface area contributed by atoms with Gasteiger partial charge < -0.3 is 5.73 Å². The van der Waals surface area contributed by atoms with Gasteiger partial charge in [0, 0.05) is 17.4 Å². The average Bonchev–Trinajstić information content (AvgIpc) is 2.03. The molecule has 0 aromatic carbocycles. The van der Waals surface area contributed by atoms with Crippen LogP contribution < -0.4 is 5.73 Å². The van der Waals surface area contributed by atoms with E-state index in [4.69, 9.17) is 5.73 Å². The first-order valence-corrected chi connectivity index (χ1v) is 4.74. The minimum Gasteiger partial charge on any atom is -0.324 e. The van der Waals surface area contributed by atoms with Crippen molar-refractivity contribution >= 4 is 0 Å². The highest BCUT2D eigenvalue weighted by Gasteiger charge is 2.06. The first kappa shape index (κ1) is 10.2. The zero-order chi connectivity index (χ0) is 10.0. The molecule has 1 aromatic rings. The van der Waals surface area contributed by atoms with Crippen LogP contribution in [-0.4, -0.2) is 4.98 Å². The van der Waals surface area contributed by atoms with Crippen LogP contribution in [0.4, 0.5) is 0 Å². The molecule has 0 saturated heterocycles. The molecule has 2 N–H and O–H groups in total. The van der Waals surface area contributed by atoms with Gasteiger partial charge in [0.2, 0.25) is 0 Å². The third-order valence-corrected chi connectivity index (χ3v) is 2.11. The van der Waals surface area contributed by atoms with E-state index >= 15 is 0 Å². The summed E-state index contributed by atoms with van der Waals surface area (Å²) in [6.45, 7) is 8.30. The van der Waals surface area contributed by atoms with Crippen LogP contribution in [-0.2, 0) is 0 Å². The minimum absolute atomic E-state index is 0.0965. The lowest BCUT2D eigenvalue weighted by atomic mass is 10.0. The van der Waals surface area contributed by atoms with E-state index in [-0.39, 0.29) is 6.04 Å². The summed E-state index contributed by atoms with van der Waals surface area (Å²) >= 11 is 0. The highest BCUT2D eigenvalue weighted by Crippen LogP contribution is 2.17. The number of hydrogen-bond acceptors (Lipinski definition) is 2. The van der Waals surface area contributed by atoms with Crippen molar-refractivity contribution in [2.24, 2.45) is 5.73 Å². The van der Waals surface area contributed by atoms with Gasteiger partial charge in [-0.15, -0.1) is 0 Å². The summed E-state index contributed by atoms with van der Waals surface area (Å²) in [5.41, 5.74) is 9.19. The van der Waals surface area contributed by atoms with Crippen molar-refractivity contribution in [3.63, 3.8) is 0 Å². The Kier molecular flexibility index (Phi) is 3.04. The molecule has 1 aromatic heterocycles. The number of hydrogen-bond donors (Lipinski definition) is 1. The standard InChI is InChI=1S/C11H18N2/c1-7(2)11-6-10(9(4)12)5-8(3)13-11/h5-7,9H,12H2,1-4H3. The van der Waals surface area contributed by atoms with Gasteiger partial charge in [-0.1, -0.05) is 13.8 Å². The summed E-state index contributed by atoms with van der Waals surface area (Å²) in [7, 11) is 0. The first-order valence-electron chi connectivity index (χ1n) is 4.74. The van der Waals surface area contributed by atoms with Gasteiger partial charge >= 0.3 is 0 Å². The fourth-order valence-corrected chi connectivity index (χ4v) is 1.28. The van der Waals surface area contributed by atoms with E-state index in [0.717, 1.165) is 11.4 Å². The second kappa shape index (κ2) is 3.88. The summed E-state index contributed by atoms with van der Waals surface area (Å²) in [6.07, 6.45) is 0. The van der Waals surface area contributed by atoms with Gasteiger partial charge in [0.05, 0.1) is 0 Å². The van der Waals surface area contributed by atoms with Gasteiger partial charge in [-0.25, -0.2) is 0 Å². The van der Waals surface area contributed by atoms with E-state index in [1.54, 1.807) is 0 Å². The topological polar surface area (TPSA) is 38.9 Å². The van der Waals surface area contributed by atoms with Gasteiger partial charge in [-0.05, 0) is 37.5 Å². The normalized spacial score (nSPS) is 13.4. The van der Waals surface area contributed by atoms with Crippen LogP contribution in [0.15, 0.2) is 12.1 Å². The molecule has 13 heavy (non-hydrogen) atoms. The third kappa shape index (κ3) is 2.52. The van der Waals surface area contributed by atoms with Crippen LogP contribution in [0.5, 0.6) is 0 Å². The highest BCUT2D eigenvalue weighted by molar-refractivity contribution is 5.24. The Morgan fingerprint density at radius 3 is 2.31 bits per heavy atom. The number of pyridine rings is 1. The molecule has 0 amide bonds. The van der Waals surface area contributed by atoms with Crippen molar-refractivity contribution in [1.29, 1.82) is 0 Å². The maximum Gasteiger partial charge on any atom is 0.0435 e. The molecule has 0 aliphatic rings. The maximum absolute atomic E-state index is 5.82. The Morgan fingerprint density at radius 2 is 1.85 bits per heavy atom. The maximum atomic E-state index is 5.82. The number of aryl methyl sites for hydroxylation is 1. The van der Waals surface area contributed by atoms with Crippen LogP contribution in [0.3, 0.4) is 0 Å². The van der Waals surface area contributed by atoms with E-state index in [1.807, 2.05) is 13.8 Å². The Labute approximate surface area is 80.2 Å². The van der Waals surface area contributed by atoms with Crippen molar-refractivity contribution in [3.8, 4) is 0 Å². The van der Waals surface area contributed by atoms with Crippen LogP contribution >= 0.6 is 0 Å². The molecule has 0 saturated carbocycles. The molecular formula is C11H18N2. The molecule has 0 spiro atoms. The van der Waals surface area contributed by atoms with Gasteiger partial charge in [0.15, 0.2) is 0 Å². The number of nitrogens with two attached hydrogens (primary N) is 1. The van der Waals surface area contributed by atoms with Crippen molar-refractivity contribution in [2.45, 2.75) is 39.7 Å². The third-order valence-electron chi connectivity index (χ3n) is 2.11. The number of aromatic nitrogens is 1. The van der Waals surface area contributed by atoms with Crippen molar-refractivity contribution < 1.29 is 0 Å². The van der Waals surface area contributed by atoms with Gasteiger partial charge in [-0.2, -0.15) is 0 Å². The molecular weight excluding hydrogens is 160 g/mol. The summed E-state index contributed by atoms with van der Waals surface area (Å²) in [6, 6.07) is 4.25. The first-order chi connectivity index (χ1) is 6.00. The zero-order valence-corrected chi connectivity index (χ0v) is 8.83. The Balaban J connectivity index is 3.11. The highest BCUT2D eigenvalue weighted by atomic mass is 14.7. The fraction of sp³-hybridized carbons (Fsp3) is 0.545. The minimum atomic E-state index is 0.0965. The SMILES string of the molecule is Cc1cc(C(C)N)cc(C(C)C)n1. The van der Waals surface area contributed by atoms with Gasteiger partial charge in [0.25, 0.3) is 0 Å². The summed E-state index contributed by atoms with van der Waals surface area (Å²) in [4.78, 5) is 4.46. The lowest BCUT2D eigenvalue weighted by molar-refractivity contribution is 0.776. The Hall–Kier alpha value is -0.890. The van der Waals surface area contributed by atoms with Crippen LogP contribution in [0.25, 0.3) is 0 Å². The average molecular weight is 178 g/mol. The van der Waals surface area contributed by atoms with Crippen molar-refractivity contribution in [1.82, 2.24) is 4.98 Å². The smallest absolute Gasteiger partial charge is 0.0435 e. The molecule has 2 heteroatoms. The van der Waals surface area contributed by atoms with Crippen LogP contribution in [0.1, 0.15) is 49.7 Å². The van der Waals surface area contributed by atoms with E-state index in [9.17, 15) is 0 Å². The molecule has 72 valence electrons. The van der Waals surface area contributed by atoms with Gasteiger partial charge in [0.1, 0.15) is 0 Å². The van der Waals surface area contributed by atoms with Gasteiger partial charge in [-0.3, -0.25) is 4.98 Å². The number of rotatable bonds is 2. The molecule has 0 aliphatic heterocycles. The second-order valence-corrected chi connectivity index (χ2v) is 3.91. The lowest BCUT2D eigenvalue weighted by Gasteiger charge is -2.11. The largest absolute Gasteiger partial charge is 0.324 e. The molecule has 2 nitrogen and oxygen atoms in total. The molecule has 1 rings (SSSR count). The zero-order valence-electron chi connectivity index (χ0n) is 8.83. The quantitative estimate of drug-likeness (QED) is 0.755. The monoisotopic (exact) mass is 178 g/mol. The molecule has 0 aliphatic carbocycles. The molecule has 1 heterocycles. The fourth-order valence-electron chi connectivity index (χ4n) is 1.28. The predicted molar refractivity (Wildman–Crippen MR) is 55.7 cm³/mol. The summed E-state index contributed by atoms with van der Waals surface area (Å²) in [5.74, 6) is 0.470. The molecule has 1 atom stereocenters. The lowest BCUT2D eigenvalue weighted by Crippen LogP contribution is -2.07. The predicted octanol–water partition coefficient (Wildman–Crippen LogP) is 2.53. The second-order valence-electron chi connectivity index (χ2n) is 3.91. The molecule has 0 bridgehead atoms. The van der Waals surface area contributed by atoms with Crippen molar-refractivity contribution in [2.75, 3.05) is 0 Å². The summed E-state index contributed by atoms with van der Waals surface area (Å²) < 4.78 is 0. The number of nitrogens with zero attached hydrogens (tertiary/aromatic N) is 1. The summed E-state index contributed by atoms with van der Waals surface area (Å²) in [5, 5.41) is 0. The van der Waals surface area contributed by atoms with E-state index in [2.05, 4.69) is 31.0 Å². The molecule has 1 unspecified atom stereocenters. The van der Waals surface area contributed by atoms with Crippen molar-refractivity contribution in [3.05, 3.63) is 29.1 Å². The van der Waals surface area contributed by atoms with E-state index in [1.165, 1.54) is 5.56 Å². The van der Waals surface area contributed by atoms with Crippen LogP contribution in [0, 0.1) is 6.92 Å². The Morgan fingerprint density at radius 1 is 1.23 bits per heavy atom. The van der Waals surface area contributed by atoms with E-state index in [0.29, 0.717) is 5.92 Å². The van der Waals surface area contributed by atoms with E-state index < -0.39 is 0 Å².